The average Bonchev–Trinajstić information content (AvgIpc) is 3.47. The van der Waals surface area contributed by atoms with Gasteiger partial charge in [-0.25, -0.2) is 19.6 Å². The zero-order valence-electron chi connectivity index (χ0n) is 24.5. The summed E-state index contributed by atoms with van der Waals surface area (Å²) < 4.78 is 13.3. The van der Waals surface area contributed by atoms with Crippen molar-refractivity contribution in [3.05, 3.63) is 51.7 Å². The van der Waals surface area contributed by atoms with Gasteiger partial charge in [0.15, 0.2) is 16.5 Å². The molecular formula is C28H35N7O5S. The molecule has 12 nitrogen and oxygen atoms in total. The quantitative estimate of drug-likeness (QED) is 0.184. The standard InChI is InChI=1S/C14H16N4O2S.C14H19N3O3/c1-4-20-13(19)11-9-6-5-8-7-15-14(21-3)16-10(8)12(9)18(2)17-11;1-5-20-14(19)11-10-7-6-9(8-16(2)3)13(18)12(10)17(4)15-11/h7H,4-6H2,1-3H3;8H,5-7H2,1-4H3/b;9-8-. The number of carbonyl (C=O) groups is 3. The van der Waals surface area contributed by atoms with Crippen molar-refractivity contribution in [2.24, 2.45) is 14.1 Å². The molecule has 0 amide bonds. The van der Waals surface area contributed by atoms with Gasteiger partial charge in [-0.15, -0.1) is 0 Å². The van der Waals surface area contributed by atoms with Gasteiger partial charge >= 0.3 is 11.9 Å². The van der Waals surface area contributed by atoms with Crippen LogP contribution < -0.4 is 0 Å². The maximum absolute atomic E-state index is 12.5. The molecular weight excluding hydrogens is 546 g/mol. The Bertz CT molecular complexity index is 1520. The largest absolute Gasteiger partial charge is 0.461 e. The Labute approximate surface area is 243 Å². The Morgan fingerprint density at radius 1 is 0.951 bits per heavy atom. The third-order valence-electron chi connectivity index (χ3n) is 6.69. The van der Waals surface area contributed by atoms with Crippen LogP contribution in [0.4, 0.5) is 0 Å². The van der Waals surface area contributed by atoms with E-state index in [9.17, 15) is 14.4 Å². The molecule has 3 aromatic rings. The van der Waals surface area contributed by atoms with Crippen molar-refractivity contribution in [1.82, 2.24) is 34.4 Å². The monoisotopic (exact) mass is 581 g/mol. The van der Waals surface area contributed by atoms with E-state index >= 15 is 0 Å². The number of hydrogen-bond donors (Lipinski definition) is 0. The molecule has 13 heteroatoms. The lowest BCUT2D eigenvalue weighted by Crippen LogP contribution is -2.20. The van der Waals surface area contributed by atoms with Gasteiger partial charge in [0.1, 0.15) is 5.69 Å². The minimum Gasteiger partial charge on any atom is -0.461 e. The van der Waals surface area contributed by atoms with Gasteiger partial charge in [-0.1, -0.05) is 11.8 Å². The number of Topliss-reactive ketones (excluding diaryl/α,β-unsaturated/α-hetero) is 1. The van der Waals surface area contributed by atoms with Crippen LogP contribution in [0.3, 0.4) is 0 Å². The molecule has 3 heterocycles. The number of aromatic nitrogens is 6. The zero-order valence-corrected chi connectivity index (χ0v) is 25.3. The first-order chi connectivity index (χ1) is 19.6. The lowest BCUT2D eigenvalue weighted by Gasteiger charge is -2.17. The lowest BCUT2D eigenvalue weighted by atomic mass is 9.90. The van der Waals surface area contributed by atoms with E-state index in [4.69, 9.17) is 9.47 Å². The molecule has 0 saturated heterocycles. The molecule has 0 bridgehead atoms. The number of rotatable bonds is 6. The van der Waals surface area contributed by atoms with E-state index in [1.807, 2.05) is 44.7 Å². The van der Waals surface area contributed by atoms with Crippen molar-refractivity contribution in [2.45, 2.75) is 44.7 Å². The Kier molecular flexibility index (Phi) is 9.26. The molecule has 0 aliphatic heterocycles. The number of fused-ring (bicyclic) bond motifs is 4. The van der Waals surface area contributed by atoms with Crippen molar-refractivity contribution in [3.8, 4) is 11.4 Å². The maximum Gasteiger partial charge on any atom is 0.359 e. The van der Waals surface area contributed by atoms with E-state index in [0.717, 1.165) is 46.1 Å². The van der Waals surface area contributed by atoms with Gasteiger partial charge in [0, 0.05) is 57.3 Å². The summed E-state index contributed by atoms with van der Waals surface area (Å²) in [7, 11) is 7.27. The van der Waals surface area contributed by atoms with E-state index in [1.165, 1.54) is 16.4 Å². The third kappa shape index (κ3) is 6.04. The normalized spacial score (nSPS) is 14.4. The first kappa shape index (κ1) is 30.0. The average molecular weight is 582 g/mol. The molecule has 218 valence electrons. The molecule has 0 atom stereocenters. The topological polar surface area (TPSA) is 134 Å². The number of esters is 2. The first-order valence-corrected chi connectivity index (χ1v) is 14.6. The van der Waals surface area contributed by atoms with Crippen LogP contribution in [0.25, 0.3) is 11.4 Å². The van der Waals surface area contributed by atoms with Gasteiger partial charge in [-0.05, 0) is 51.3 Å². The number of allylic oxidation sites excluding steroid dienone is 1. The van der Waals surface area contributed by atoms with Gasteiger partial charge in [0.2, 0.25) is 5.78 Å². The van der Waals surface area contributed by atoms with Crippen LogP contribution in [0.5, 0.6) is 0 Å². The van der Waals surface area contributed by atoms with Crippen LogP contribution in [0.1, 0.15) is 68.4 Å². The second kappa shape index (κ2) is 12.7. The number of hydrogen-bond acceptors (Lipinski definition) is 11. The molecule has 3 aromatic heterocycles. The summed E-state index contributed by atoms with van der Waals surface area (Å²) >= 11 is 1.50. The second-order valence-corrected chi connectivity index (χ2v) is 10.5. The van der Waals surface area contributed by atoms with Crippen LogP contribution >= 0.6 is 11.8 Å². The fraction of sp³-hybridized carbons (Fsp3) is 0.464. The van der Waals surface area contributed by atoms with Gasteiger partial charge in [0.05, 0.1) is 24.6 Å². The SMILES string of the molecule is CCOC(=O)c1nn(C)c2c1CC/C(=C/N(C)C)C2=O.CCOC(=O)c1nn(C)c2c1CCc1cnc(SC)nc1-2. The summed E-state index contributed by atoms with van der Waals surface area (Å²) in [6.07, 6.45) is 8.45. The fourth-order valence-corrected chi connectivity index (χ4v) is 5.35. The Balaban J connectivity index is 0.000000189. The molecule has 0 N–H and O–H groups in total. The highest BCUT2D eigenvalue weighted by molar-refractivity contribution is 7.98. The van der Waals surface area contributed by atoms with Crippen LogP contribution in [-0.4, -0.2) is 85.7 Å². The zero-order chi connectivity index (χ0) is 29.8. The molecule has 0 saturated carbocycles. The highest BCUT2D eigenvalue weighted by atomic mass is 32.2. The minimum atomic E-state index is -0.461. The van der Waals surface area contributed by atoms with E-state index < -0.39 is 5.97 Å². The summed E-state index contributed by atoms with van der Waals surface area (Å²) in [4.78, 5) is 47.1. The predicted molar refractivity (Wildman–Crippen MR) is 153 cm³/mol. The van der Waals surface area contributed by atoms with Gasteiger partial charge in [-0.3, -0.25) is 14.2 Å². The molecule has 2 aliphatic rings. The number of ether oxygens (including phenoxy) is 2. The summed E-state index contributed by atoms with van der Waals surface area (Å²) in [6, 6.07) is 0. The van der Waals surface area contributed by atoms with Crippen LogP contribution in [-0.2, 0) is 42.8 Å². The van der Waals surface area contributed by atoms with E-state index in [1.54, 1.807) is 25.6 Å². The summed E-state index contributed by atoms with van der Waals surface area (Å²) in [6.45, 7) is 4.18. The highest BCUT2D eigenvalue weighted by Crippen LogP contribution is 2.34. The van der Waals surface area contributed by atoms with Crippen molar-refractivity contribution in [3.63, 3.8) is 0 Å². The molecule has 0 radical (unpaired) electrons. The van der Waals surface area contributed by atoms with Crippen LogP contribution in [0.2, 0.25) is 0 Å². The summed E-state index contributed by atoms with van der Waals surface area (Å²) in [5.74, 6) is -0.889. The summed E-state index contributed by atoms with van der Waals surface area (Å²) in [5.41, 5.74) is 6.40. The number of nitrogens with zero attached hydrogens (tertiary/aromatic N) is 7. The van der Waals surface area contributed by atoms with Gasteiger partial charge in [0.25, 0.3) is 0 Å². The number of ketones is 1. The first-order valence-electron chi connectivity index (χ1n) is 13.4. The Hall–Kier alpha value is -4.00. The summed E-state index contributed by atoms with van der Waals surface area (Å²) in [5, 5.41) is 9.22. The van der Waals surface area contributed by atoms with Gasteiger partial charge in [-0.2, -0.15) is 10.2 Å². The molecule has 0 spiro atoms. The fourth-order valence-electron chi connectivity index (χ4n) is 5.01. The molecule has 2 aliphatic carbocycles. The van der Waals surface area contributed by atoms with Crippen molar-refractivity contribution < 1.29 is 23.9 Å². The van der Waals surface area contributed by atoms with Crippen molar-refractivity contribution >= 4 is 29.5 Å². The Morgan fingerprint density at radius 2 is 1.51 bits per heavy atom. The predicted octanol–water partition coefficient (Wildman–Crippen LogP) is 3.05. The number of carbonyl (C=O) groups excluding carboxylic acids is 3. The lowest BCUT2D eigenvalue weighted by molar-refractivity contribution is 0.0508. The molecule has 5 rings (SSSR count). The molecule has 0 aromatic carbocycles. The van der Waals surface area contributed by atoms with E-state index in [0.29, 0.717) is 43.0 Å². The van der Waals surface area contributed by atoms with Crippen molar-refractivity contribution in [2.75, 3.05) is 33.6 Å². The second-order valence-electron chi connectivity index (χ2n) is 9.72. The van der Waals surface area contributed by atoms with E-state index in [-0.39, 0.29) is 17.4 Å². The number of thioether (sulfide) groups is 1. The molecule has 0 unspecified atom stereocenters. The van der Waals surface area contributed by atoms with Crippen molar-refractivity contribution in [1.29, 1.82) is 0 Å². The molecule has 0 fully saturated rings. The minimum absolute atomic E-state index is 0.0644. The third-order valence-corrected chi connectivity index (χ3v) is 7.25. The van der Waals surface area contributed by atoms with E-state index in [2.05, 4.69) is 20.2 Å². The van der Waals surface area contributed by atoms with Gasteiger partial charge < -0.3 is 14.4 Å². The smallest absolute Gasteiger partial charge is 0.359 e. The highest BCUT2D eigenvalue weighted by Gasteiger charge is 2.32. The maximum atomic E-state index is 12.5. The number of aryl methyl sites for hydroxylation is 3. The van der Waals surface area contributed by atoms with Crippen LogP contribution in [0, 0.1) is 0 Å². The Morgan fingerprint density at radius 3 is 2.07 bits per heavy atom. The molecule has 41 heavy (non-hydrogen) atoms. The van der Waals surface area contributed by atoms with Crippen LogP contribution in [0.15, 0.2) is 23.1 Å².